The molecular formula is C15H29NO2. The number of ether oxygens (including phenoxy) is 1. The Bertz CT molecular complexity index is 229. The van der Waals surface area contributed by atoms with Crippen LogP contribution in [0.5, 0.6) is 0 Å². The van der Waals surface area contributed by atoms with Crippen molar-refractivity contribution in [2.45, 2.75) is 71.3 Å². The molecule has 1 aliphatic heterocycles. The molecule has 1 amide bonds. The van der Waals surface area contributed by atoms with Crippen molar-refractivity contribution >= 4 is 5.91 Å². The molecule has 1 aliphatic rings. The molecule has 0 spiro atoms. The molecule has 0 aromatic carbocycles. The van der Waals surface area contributed by atoms with Gasteiger partial charge in [0.15, 0.2) is 0 Å². The molecule has 106 valence electrons. The predicted octanol–water partition coefficient (Wildman–Crippen LogP) is 3.37. The molecule has 0 unspecified atom stereocenters. The van der Waals surface area contributed by atoms with Gasteiger partial charge in [0.1, 0.15) is 0 Å². The minimum absolute atomic E-state index is 0.357. The third kappa shape index (κ3) is 7.00. The van der Waals surface area contributed by atoms with E-state index in [2.05, 4.69) is 13.8 Å². The summed E-state index contributed by atoms with van der Waals surface area (Å²) in [5.41, 5.74) is 0. The van der Waals surface area contributed by atoms with Crippen LogP contribution in [0.15, 0.2) is 0 Å². The first kappa shape index (κ1) is 15.5. The molecule has 0 N–H and O–H groups in total. The molecule has 3 nitrogen and oxygen atoms in total. The van der Waals surface area contributed by atoms with Gasteiger partial charge in [-0.05, 0) is 39.5 Å². The van der Waals surface area contributed by atoms with Gasteiger partial charge in [-0.3, -0.25) is 4.79 Å². The van der Waals surface area contributed by atoms with Gasteiger partial charge in [-0.25, -0.2) is 0 Å². The van der Waals surface area contributed by atoms with E-state index in [-0.39, 0.29) is 0 Å². The van der Waals surface area contributed by atoms with Crippen LogP contribution >= 0.6 is 0 Å². The van der Waals surface area contributed by atoms with Crippen molar-refractivity contribution in [1.29, 1.82) is 0 Å². The van der Waals surface area contributed by atoms with E-state index < -0.39 is 0 Å². The van der Waals surface area contributed by atoms with Crippen molar-refractivity contribution in [3.63, 3.8) is 0 Å². The number of hydrogen-bond donors (Lipinski definition) is 0. The number of rotatable bonds is 9. The fourth-order valence-electron chi connectivity index (χ4n) is 2.35. The van der Waals surface area contributed by atoms with Gasteiger partial charge < -0.3 is 9.64 Å². The summed E-state index contributed by atoms with van der Waals surface area (Å²) in [6.45, 7) is 7.01. The Balaban J connectivity index is 1.87. The highest BCUT2D eigenvalue weighted by atomic mass is 16.5. The molecule has 0 bridgehead atoms. The fraction of sp³-hybridized carbons (Fsp3) is 0.933. The second-order valence-electron chi connectivity index (χ2n) is 5.53. The molecule has 0 radical (unpaired) electrons. The number of unbranched alkanes of at least 4 members (excludes halogenated alkanes) is 4. The molecule has 0 atom stereocenters. The highest BCUT2D eigenvalue weighted by Crippen LogP contribution is 2.12. The van der Waals surface area contributed by atoms with E-state index in [9.17, 15) is 4.79 Å². The Morgan fingerprint density at radius 2 is 1.83 bits per heavy atom. The first-order chi connectivity index (χ1) is 8.70. The number of carbonyl (C=O) groups is 1. The number of likely N-dealkylation sites (tertiary alicyclic amines) is 1. The minimum Gasteiger partial charge on any atom is -0.379 e. The van der Waals surface area contributed by atoms with Crippen LogP contribution in [0.1, 0.15) is 65.2 Å². The molecule has 1 fully saturated rings. The molecule has 0 aromatic rings. The zero-order chi connectivity index (χ0) is 13.2. The Morgan fingerprint density at radius 3 is 2.56 bits per heavy atom. The quantitative estimate of drug-likeness (QED) is 0.591. The van der Waals surface area contributed by atoms with Gasteiger partial charge in [0.25, 0.3) is 0 Å². The first-order valence-corrected chi connectivity index (χ1v) is 7.59. The number of amides is 1. The molecule has 0 aromatic heterocycles. The van der Waals surface area contributed by atoms with Crippen LogP contribution in [0.2, 0.25) is 0 Å². The predicted molar refractivity (Wildman–Crippen MR) is 74.6 cm³/mol. The van der Waals surface area contributed by atoms with Crippen molar-refractivity contribution in [3.8, 4) is 0 Å². The van der Waals surface area contributed by atoms with Crippen LogP contribution < -0.4 is 0 Å². The standard InChI is InChI=1S/C15H29NO2/c1-14(2)18-13-9-5-3-4-7-11-16-12-8-6-10-15(16)17/h14H,3-13H2,1-2H3. The molecule has 1 heterocycles. The molecule has 0 saturated carbocycles. The molecule has 0 aliphatic carbocycles. The zero-order valence-corrected chi connectivity index (χ0v) is 12.1. The van der Waals surface area contributed by atoms with E-state index in [0.717, 1.165) is 39.0 Å². The number of carbonyl (C=O) groups excluding carboxylic acids is 1. The number of nitrogens with zero attached hydrogens (tertiary/aromatic N) is 1. The van der Waals surface area contributed by atoms with Gasteiger partial charge in [0, 0.05) is 26.1 Å². The van der Waals surface area contributed by atoms with Gasteiger partial charge >= 0.3 is 0 Å². The number of hydrogen-bond acceptors (Lipinski definition) is 2. The maximum atomic E-state index is 11.6. The van der Waals surface area contributed by atoms with Gasteiger partial charge in [-0.1, -0.05) is 19.3 Å². The summed E-state index contributed by atoms with van der Waals surface area (Å²) >= 11 is 0. The van der Waals surface area contributed by atoms with Crippen LogP contribution in [-0.2, 0) is 9.53 Å². The van der Waals surface area contributed by atoms with E-state index >= 15 is 0 Å². The average molecular weight is 255 g/mol. The minimum atomic E-state index is 0.357. The third-order valence-corrected chi connectivity index (χ3v) is 3.44. The van der Waals surface area contributed by atoms with Gasteiger partial charge in [0.05, 0.1) is 6.10 Å². The van der Waals surface area contributed by atoms with Crippen molar-refractivity contribution in [3.05, 3.63) is 0 Å². The largest absolute Gasteiger partial charge is 0.379 e. The second kappa shape index (κ2) is 9.37. The van der Waals surface area contributed by atoms with E-state index in [0.29, 0.717) is 12.0 Å². The normalized spacial score (nSPS) is 16.6. The lowest BCUT2D eigenvalue weighted by atomic mass is 10.1. The van der Waals surface area contributed by atoms with Crippen LogP contribution in [0, 0.1) is 0 Å². The molecule has 3 heteroatoms. The Hall–Kier alpha value is -0.570. The molecule has 18 heavy (non-hydrogen) atoms. The van der Waals surface area contributed by atoms with Gasteiger partial charge in [-0.15, -0.1) is 0 Å². The third-order valence-electron chi connectivity index (χ3n) is 3.44. The molecule has 1 rings (SSSR count). The maximum absolute atomic E-state index is 11.6. The van der Waals surface area contributed by atoms with Crippen molar-refractivity contribution in [2.75, 3.05) is 19.7 Å². The summed E-state index contributed by atoms with van der Waals surface area (Å²) in [4.78, 5) is 13.6. The van der Waals surface area contributed by atoms with Crippen LogP contribution in [0.3, 0.4) is 0 Å². The van der Waals surface area contributed by atoms with E-state index in [4.69, 9.17) is 4.74 Å². The Morgan fingerprint density at radius 1 is 1.11 bits per heavy atom. The zero-order valence-electron chi connectivity index (χ0n) is 12.1. The monoisotopic (exact) mass is 255 g/mol. The van der Waals surface area contributed by atoms with Crippen LogP contribution in [0.25, 0.3) is 0 Å². The smallest absolute Gasteiger partial charge is 0.222 e. The topological polar surface area (TPSA) is 29.5 Å². The second-order valence-corrected chi connectivity index (χ2v) is 5.53. The Labute approximate surface area is 112 Å². The lowest BCUT2D eigenvalue weighted by Gasteiger charge is -2.26. The highest BCUT2D eigenvalue weighted by molar-refractivity contribution is 5.76. The molecular weight excluding hydrogens is 226 g/mol. The fourth-order valence-corrected chi connectivity index (χ4v) is 2.35. The van der Waals surface area contributed by atoms with Gasteiger partial charge in [0.2, 0.25) is 5.91 Å². The first-order valence-electron chi connectivity index (χ1n) is 7.59. The van der Waals surface area contributed by atoms with Crippen LogP contribution in [0.4, 0.5) is 0 Å². The van der Waals surface area contributed by atoms with Crippen molar-refractivity contribution in [1.82, 2.24) is 4.90 Å². The molecule has 1 saturated heterocycles. The number of piperidine rings is 1. The van der Waals surface area contributed by atoms with Gasteiger partial charge in [-0.2, -0.15) is 0 Å². The lowest BCUT2D eigenvalue weighted by Crippen LogP contribution is -2.35. The van der Waals surface area contributed by atoms with E-state index in [1.807, 2.05) is 4.90 Å². The van der Waals surface area contributed by atoms with Crippen LogP contribution in [-0.4, -0.2) is 36.6 Å². The van der Waals surface area contributed by atoms with E-state index in [1.165, 1.54) is 32.1 Å². The SMILES string of the molecule is CC(C)OCCCCCCCN1CCCCC1=O. The summed E-state index contributed by atoms with van der Waals surface area (Å²) < 4.78 is 5.50. The average Bonchev–Trinajstić information content (AvgIpc) is 2.34. The summed E-state index contributed by atoms with van der Waals surface area (Å²) in [7, 11) is 0. The van der Waals surface area contributed by atoms with E-state index in [1.54, 1.807) is 0 Å². The summed E-state index contributed by atoms with van der Waals surface area (Å²) in [5.74, 6) is 0.367. The lowest BCUT2D eigenvalue weighted by molar-refractivity contribution is -0.133. The Kier molecular flexibility index (Phi) is 8.06. The van der Waals surface area contributed by atoms with Crippen molar-refractivity contribution < 1.29 is 9.53 Å². The summed E-state index contributed by atoms with van der Waals surface area (Å²) in [6.07, 6.45) is 9.50. The maximum Gasteiger partial charge on any atom is 0.222 e. The highest BCUT2D eigenvalue weighted by Gasteiger charge is 2.16. The van der Waals surface area contributed by atoms with Crippen molar-refractivity contribution in [2.24, 2.45) is 0 Å². The summed E-state index contributed by atoms with van der Waals surface area (Å²) in [6, 6.07) is 0. The summed E-state index contributed by atoms with van der Waals surface area (Å²) in [5, 5.41) is 0.